The van der Waals surface area contributed by atoms with Gasteiger partial charge in [-0.2, -0.15) is 0 Å². The van der Waals surface area contributed by atoms with E-state index in [-0.39, 0.29) is 5.54 Å². The Kier molecular flexibility index (Phi) is 4.08. The van der Waals surface area contributed by atoms with Crippen molar-refractivity contribution in [1.82, 2.24) is 5.32 Å². The Labute approximate surface area is 125 Å². The zero-order valence-electron chi connectivity index (χ0n) is 12.0. The van der Waals surface area contributed by atoms with Gasteiger partial charge in [0.25, 0.3) is 0 Å². The van der Waals surface area contributed by atoms with Crippen molar-refractivity contribution >= 4 is 11.6 Å². The molecule has 2 heterocycles. The molecule has 1 unspecified atom stereocenters. The van der Waals surface area contributed by atoms with Gasteiger partial charge in [0.15, 0.2) is 11.5 Å². The summed E-state index contributed by atoms with van der Waals surface area (Å²) >= 11 is 6.37. The van der Waals surface area contributed by atoms with E-state index < -0.39 is 0 Å². The lowest BCUT2D eigenvalue weighted by Crippen LogP contribution is -2.41. The Balaban J connectivity index is 1.87. The Bertz CT molecular complexity index is 484. The van der Waals surface area contributed by atoms with Crippen molar-refractivity contribution in [1.29, 1.82) is 0 Å². The van der Waals surface area contributed by atoms with E-state index in [2.05, 4.69) is 18.3 Å². The fraction of sp³-hybridized carbons (Fsp3) is 0.625. The molecule has 0 spiro atoms. The van der Waals surface area contributed by atoms with Gasteiger partial charge >= 0.3 is 0 Å². The smallest absolute Gasteiger partial charge is 0.179 e. The molecule has 1 fully saturated rings. The number of hydrogen-bond donors (Lipinski definition) is 1. The van der Waals surface area contributed by atoms with Gasteiger partial charge in [-0.25, -0.2) is 0 Å². The van der Waals surface area contributed by atoms with Crippen molar-refractivity contribution in [2.24, 2.45) is 0 Å². The molecule has 0 aromatic heterocycles. The average molecular weight is 296 g/mol. The first-order chi connectivity index (χ1) is 9.72. The second-order valence-corrected chi connectivity index (χ2v) is 6.20. The van der Waals surface area contributed by atoms with Crippen LogP contribution in [0.1, 0.15) is 38.2 Å². The molecular formula is C16H22ClNO2. The first-order valence-electron chi connectivity index (χ1n) is 7.55. The van der Waals surface area contributed by atoms with E-state index in [0.717, 1.165) is 31.6 Å². The molecule has 0 radical (unpaired) electrons. The summed E-state index contributed by atoms with van der Waals surface area (Å²) in [4.78, 5) is 0. The molecule has 1 N–H and O–H groups in total. The molecule has 1 aromatic rings. The quantitative estimate of drug-likeness (QED) is 0.924. The minimum Gasteiger partial charge on any atom is -0.489 e. The van der Waals surface area contributed by atoms with E-state index in [4.69, 9.17) is 21.1 Å². The predicted molar refractivity (Wildman–Crippen MR) is 81.0 cm³/mol. The van der Waals surface area contributed by atoms with E-state index >= 15 is 0 Å². The van der Waals surface area contributed by atoms with Gasteiger partial charge in [0.05, 0.1) is 18.2 Å². The van der Waals surface area contributed by atoms with Crippen molar-refractivity contribution in [3.63, 3.8) is 0 Å². The number of fused-ring (bicyclic) bond motifs is 1. The maximum absolute atomic E-state index is 6.37. The second kappa shape index (κ2) is 5.82. The molecule has 1 aromatic carbocycles. The van der Waals surface area contributed by atoms with Gasteiger partial charge in [-0.05, 0) is 49.9 Å². The molecule has 0 saturated carbocycles. The highest BCUT2D eigenvalue weighted by Gasteiger charge is 2.32. The number of nitrogens with one attached hydrogen (secondary N) is 1. The fourth-order valence-electron chi connectivity index (χ4n) is 3.22. The highest BCUT2D eigenvalue weighted by molar-refractivity contribution is 6.32. The van der Waals surface area contributed by atoms with Crippen LogP contribution in [0, 0.1) is 0 Å². The molecule has 1 atom stereocenters. The van der Waals surface area contributed by atoms with E-state index in [9.17, 15) is 0 Å². The first kappa shape index (κ1) is 14.0. The third-order valence-corrected chi connectivity index (χ3v) is 4.69. The summed E-state index contributed by atoms with van der Waals surface area (Å²) < 4.78 is 11.5. The zero-order chi connectivity index (χ0) is 14.0. The molecule has 20 heavy (non-hydrogen) atoms. The van der Waals surface area contributed by atoms with Crippen LogP contribution in [0.4, 0.5) is 0 Å². The predicted octanol–water partition coefficient (Wildman–Crippen LogP) is 3.58. The lowest BCUT2D eigenvalue weighted by Gasteiger charge is -2.28. The van der Waals surface area contributed by atoms with E-state index in [0.29, 0.717) is 24.0 Å². The van der Waals surface area contributed by atoms with Crippen LogP contribution in [0.3, 0.4) is 0 Å². The third kappa shape index (κ3) is 2.75. The zero-order valence-corrected chi connectivity index (χ0v) is 12.8. The van der Waals surface area contributed by atoms with Crippen molar-refractivity contribution in [2.45, 2.75) is 44.6 Å². The molecule has 1 saturated heterocycles. The molecule has 0 bridgehead atoms. The normalized spacial score (nSPS) is 25.5. The molecule has 3 nitrogen and oxygen atoms in total. The van der Waals surface area contributed by atoms with Gasteiger partial charge in [0.2, 0.25) is 0 Å². The number of benzene rings is 1. The number of halogens is 1. The maximum Gasteiger partial charge on any atom is 0.179 e. The average Bonchev–Trinajstić information content (AvgIpc) is 2.77. The summed E-state index contributed by atoms with van der Waals surface area (Å²) in [5, 5.41) is 4.34. The van der Waals surface area contributed by atoms with Crippen LogP contribution in [0.25, 0.3) is 0 Å². The lowest BCUT2D eigenvalue weighted by molar-refractivity contribution is 0.297. The van der Waals surface area contributed by atoms with Crippen molar-refractivity contribution in [3.05, 3.63) is 22.7 Å². The molecule has 0 amide bonds. The minimum atomic E-state index is 0.225. The molecule has 3 rings (SSSR count). The Morgan fingerprint density at radius 2 is 2.10 bits per heavy atom. The van der Waals surface area contributed by atoms with Crippen molar-refractivity contribution in [3.8, 4) is 11.5 Å². The van der Waals surface area contributed by atoms with Crippen LogP contribution >= 0.6 is 11.6 Å². The molecule has 110 valence electrons. The van der Waals surface area contributed by atoms with Crippen LogP contribution in [-0.4, -0.2) is 25.3 Å². The van der Waals surface area contributed by atoms with Gasteiger partial charge in [-0.1, -0.05) is 18.5 Å². The summed E-state index contributed by atoms with van der Waals surface area (Å²) in [7, 11) is 0. The number of rotatable bonds is 3. The first-order valence-corrected chi connectivity index (χ1v) is 7.93. The van der Waals surface area contributed by atoms with Gasteiger partial charge in [-0.15, -0.1) is 0 Å². The molecule has 0 aliphatic carbocycles. The number of hydrogen-bond acceptors (Lipinski definition) is 3. The lowest BCUT2D eigenvalue weighted by atomic mass is 9.87. The van der Waals surface area contributed by atoms with Crippen LogP contribution in [0.5, 0.6) is 11.5 Å². The minimum absolute atomic E-state index is 0.225. The van der Waals surface area contributed by atoms with E-state index in [1.54, 1.807) is 0 Å². The molecule has 4 heteroatoms. The highest BCUT2D eigenvalue weighted by Crippen LogP contribution is 2.39. The fourth-order valence-corrected chi connectivity index (χ4v) is 3.51. The monoisotopic (exact) mass is 295 g/mol. The molecular weight excluding hydrogens is 274 g/mol. The van der Waals surface area contributed by atoms with Crippen LogP contribution in [0.2, 0.25) is 5.02 Å². The summed E-state index contributed by atoms with van der Waals surface area (Å²) in [5.74, 6) is 1.51. The van der Waals surface area contributed by atoms with E-state index in [1.807, 2.05) is 6.07 Å². The van der Waals surface area contributed by atoms with Crippen LogP contribution in [0.15, 0.2) is 12.1 Å². The third-order valence-electron chi connectivity index (χ3n) is 4.41. The van der Waals surface area contributed by atoms with Crippen molar-refractivity contribution < 1.29 is 9.47 Å². The Morgan fingerprint density at radius 1 is 1.25 bits per heavy atom. The van der Waals surface area contributed by atoms with Crippen molar-refractivity contribution in [2.75, 3.05) is 19.8 Å². The summed E-state index contributed by atoms with van der Waals surface area (Å²) in [5.41, 5.74) is 1.46. The summed E-state index contributed by atoms with van der Waals surface area (Å²) in [6, 6.07) is 4.14. The highest BCUT2D eigenvalue weighted by atomic mass is 35.5. The topological polar surface area (TPSA) is 30.5 Å². The van der Waals surface area contributed by atoms with Gasteiger partial charge in [0.1, 0.15) is 0 Å². The standard InChI is InChI=1S/C16H22ClNO2/c1-2-16(5-3-6-18-16)11-12-9-13(17)15-14(10-12)19-7-4-8-20-15/h9-10,18H,2-8,11H2,1H3. The van der Waals surface area contributed by atoms with Gasteiger partial charge in [0, 0.05) is 12.0 Å². The Hall–Kier alpha value is -0.930. The molecule has 2 aliphatic rings. The maximum atomic E-state index is 6.37. The van der Waals surface area contributed by atoms with Crippen LogP contribution < -0.4 is 14.8 Å². The SMILES string of the molecule is CCC1(Cc2cc(Cl)c3c(c2)OCCCO3)CCCN1. The summed E-state index contributed by atoms with van der Waals surface area (Å²) in [6.07, 6.45) is 5.53. The summed E-state index contributed by atoms with van der Waals surface area (Å²) in [6.45, 7) is 4.74. The van der Waals surface area contributed by atoms with Gasteiger partial charge in [-0.3, -0.25) is 0 Å². The second-order valence-electron chi connectivity index (χ2n) is 5.80. The largest absolute Gasteiger partial charge is 0.489 e. The van der Waals surface area contributed by atoms with E-state index in [1.165, 1.54) is 18.4 Å². The van der Waals surface area contributed by atoms with Gasteiger partial charge < -0.3 is 14.8 Å². The Morgan fingerprint density at radius 3 is 2.85 bits per heavy atom. The molecule has 2 aliphatic heterocycles. The number of ether oxygens (including phenoxy) is 2. The van der Waals surface area contributed by atoms with Crippen LogP contribution in [-0.2, 0) is 6.42 Å².